The summed E-state index contributed by atoms with van der Waals surface area (Å²) in [6.45, 7) is 7.71. The zero-order valence-corrected chi connectivity index (χ0v) is 15.6. The van der Waals surface area contributed by atoms with E-state index in [4.69, 9.17) is 10.3 Å². The van der Waals surface area contributed by atoms with Crippen LogP contribution in [0.15, 0.2) is 41.8 Å². The molecule has 0 aromatic heterocycles. The smallest absolute Gasteiger partial charge is 0.287 e. The van der Waals surface area contributed by atoms with Gasteiger partial charge < -0.3 is 5.73 Å². The maximum atomic E-state index is 10.8. The molecule has 134 valence electrons. The molecule has 0 aliphatic carbocycles. The Kier molecular flexibility index (Phi) is 7.09. The first-order valence-electron chi connectivity index (χ1n) is 7.59. The molecule has 2 rings (SSSR count). The largest absolute Gasteiger partial charge is 0.366 e. The summed E-state index contributed by atoms with van der Waals surface area (Å²) in [6.07, 6.45) is 1.38. The lowest BCUT2D eigenvalue weighted by atomic mass is 10.1. The summed E-state index contributed by atoms with van der Waals surface area (Å²) >= 11 is 0. The summed E-state index contributed by atoms with van der Waals surface area (Å²) in [6, 6.07) is 11.2. The van der Waals surface area contributed by atoms with Gasteiger partial charge in [0.2, 0.25) is 5.91 Å². The van der Waals surface area contributed by atoms with Crippen LogP contribution >= 0.6 is 0 Å². The molecule has 25 heavy (non-hydrogen) atoms. The van der Waals surface area contributed by atoms with Crippen LogP contribution < -0.4 is 5.73 Å². The number of hydrogen-bond donors (Lipinski definition) is 2. The van der Waals surface area contributed by atoms with Gasteiger partial charge in [0.1, 0.15) is 0 Å². The van der Waals surface area contributed by atoms with Crippen molar-refractivity contribution in [3.8, 4) is 0 Å². The molecule has 0 unspecified atom stereocenters. The molecule has 0 radical (unpaired) electrons. The summed E-state index contributed by atoms with van der Waals surface area (Å²) in [5, 5.41) is 0.782. The second kappa shape index (κ2) is 8.60. The Morgan fingerprint density at radius 1 is 0.960 bits per heavy atom. The quantitative estimate of drug-likeness (QED) is 0.817. The van der Waals surface area contributed by atoms with E-state index in [-0.39, 0.29) is 5.91 Å². The number of hydrogen-bond acceptors (Lipinski definition) is 3. The third kappa shape index (κ3) is 7.32. The van der Waals surface area contributed by atoms with Gasteiger partial charge in [-0.3, -0.25) is 9.35 Å². The lowest BCUT2D eigenvalue weighted by molar-refractivity contribution is 0.0999. The van der Waals surface area contributed by atoms with Gasteiger partial charge in [0.25, 0.3) is 10.1 Å². The maximum Gasteiger partial charge on any atom is 0.287 e. The Morgan fingerprint density at radius 3 is 1.92 bits per heavy atom. The molecule has 6 heteroatoms. The van der Waals surface area contributed by atoms with Crippen LogP contribution in [0.2, 0.25) is 0 Å². The first-order chi connectivity index (χ1) is 11.5. The van der Waals surface area contributed by atoms with Gasteiger partial charge in [-0.2, -0.15) is 8.42 Å². The third-order valence-corrected chi connectivity index (χ3v) is 3.97. The number of carbonyl (C=O) groups is 1. The first kappa shape index (κ1) is 20.6. The Morgan fingerprint density at radius 2 is 1.48 bits per heavy atom. The second-order valence-corrected chi connectivity index (χ2v) is 7.16. The SMILES string of the molecule is Cc1ccc(/C=C/S(=O)(=O)O)c(C)c1.Cc1ccc(C(N)=O)c(C)c1. The summed E-state index contributed by atoms with van der Waals surface area (Å²) < 4.78 is 29.4. The van der Waals surface area contributed by atoms with Crippen molar-refractivity contribution in [2.45, 2.75) is 27.7 Å². The monoisotopic (exact) mass is 361 g/mol. The summed E-state index contributed by atoms with van der Waals surface area (Å²) in [5.41, 5.74) is 10.7. The van der Waals surface area contributed by atoms with E-state index < -0.39 is 10.1 Å². The van der Waals surface area contributed by atoms with E-state index in [1.54, 1.807) is 6.07 Å². The molecule has 2 aromatic carbocycles. The number of benzene rings is 2. The number of nitrogens with two attached hydrogens (primary N) is 1. The van der Waals surface area contributed by atoms with E-state index in [0.29, 0.717) is 5.56 Å². The highest BCUT2D eigenvalue weighted by Gasteiger charge is 2.02. The number of primary amides is 1. The average molecular weight is 361 g/mol. The Labute approximate surface area is 148 Å². The molecular formula is C19H23NO4S. The van der Waals surface area contributed by atoms with Crippen LogP contribution in [-0.4, -0.2) is 18.9 Å². The van der Waals surface area contributed by atoms with Gasteiger partial charge in [-0.25, -0.2) is 0 Å². The van der Waals surface area contributed by atoms with Crippen LogP contribution in [0.1, 0.15) is 38.2 Å². The van der Waals surface area contributed by atoms with E-state index in [0.717, 1.165) is 33.2 Å². The van der Waals surface area contributed by atoms with Crippen molar-refractivity contribution < 1.29 is 17.8 Å². The van der Waals surface area contributed by atoms with E-state index in [1.165, 1.54) is 6.08 Å². The molecule has 0 heterocycles. The summed E-state index contributed by atoms with van der Waals surface area (Å²) in [5.74, 6) is -0.359. The van der Waals surface area contributed by atoms with Gasteiger partial charge in [0.05, 0.1) is 5.41 Å². The average Bonchev–Trinajstić information content (AvgIpc) is 2.45. The predicted octanol–water partition coefficient (Wildman–Crippen LogP) is 3.56. The molecule has 0 atom stereocenters. The van der Waals surface area contributed by atoms with E-state index in [1.807, 2.05) is 58.0 Å². The van der Waals surface area contributed by atoms with Crippen molar-refractivity contribution in [2.75, 3.05) is 0 Å². The van der Waals surface area contributed by atoms with Gasteiger partial charge in [0, 0.05) is 5.56 Å². The van der Waals surface area contributed by atoms with E-state index in [2.05, 4.69) is 0 Å². The van der Waals surface area contributed by atoms with Crippen molar-refractivity contribution in [2.24, 2.45) is 5.73 Å². The van der Waals surface area contributed by atoms with Gasteiger partial charge in [-0.15, -0.1) is 0 Å². The minimum absolute atomic E-state index is 0.359. The van der Waals surface area contributed by atoms with Gasteiger partial charge in [-0.05, 0) is 56.5 Å². The lowest BCUT2D eigenvalue weighted by Gasteiger charge is -2.01. The van der Waals surface area contributed by atoms with Crippen LogP contribution in [0.4, 0.5) is 0 Å². The number of amides is 1. The standard InChI is InChI=1S/C10H12O3S.C9H11NO/c1-8-3-4-10(9(2)7-8)5-6-14(11,12)13;1-6-3-4-8(9(10)11)7(2)5-6/h3-7H,1-2H3,(H,11,12,13);3-5H,1-2H3,(H2,10,11)/b6-5+;. The van der Waals surface area contributed by atoms with Gasteiger partial charge >= 0.3 is 0 Å². The van der Waals surface area contributed by atoms with E-state index >= 15 is 0 Å². The van der Waals surface area contributed by atoms with Crippen LogP contribution in [-0.2, 0) is 10.1 Å². The van der Waals surface area contributed by atoms with Crippen molar-refractivity contribution in [1.82, 2.24) is 0 Å². The molecule has 0 aliphatic rings. The Balaban J connectivity index is 0.000000257. The molecule has 0 spiro atoms. The molecule has 0 aliphatic heterocycles. The molecule has 0 bridgehead atoms. The van der Waals surface area contributed by atoms with Crippen LogP contribution in [0, 0.1) is 27.7 Å². The van der Waals surface area contributed by atoms with Gasteiger partial charge in [-0.1, -0.05) is 41.5 Å². The second-order valence-electron chi connectivity index (χ2n) is 5.86. The van der Waals surface area contributed by atoms with Crippen molar-refractivity contribution in [1.29, 1.82) is 0 Å². The van der Waals surface area contributed by atoms with Crippen LogP contribution in [0.3, 0.4) is 0 Å². The fourth-order valence-electron chi connectivity index (χ4n) is 2.26. The molecule has 0 saturated carbocycles. The Bertz CT molecular complexity index is 900. The minimum atomic E-state index is -4.03. The highest BCUT2D eigenvalue weighted by molar-refractivity contribution is 7.88. The van der Waals surface area contributed by atoms with Crippen molar-refractivity contribution >= 4 is 22.1 Å². The third-order valence-electron chi connectivity index (χ3n) is 3.49. The molecule has 2 aromatic rings. The van der Waals surface area contributed by atoms with Crippen molar-refractivity contribution in [3.63, 3.8) is 0 Å². The van der Waals surface area contributed by atoms with Crippen LogP contribution in [0.25, 0.3) is 6.08 Å². The molecule has 0 saturated heterocycles. The summed E-state index contributed by atoms with van der Waals surface area (Å²) in [7, 11) is -4.03. The first-order valence-corrected chi connectivity index (χ1v) is 9.10. The zero-order valence-electron chi connectivity index (χ0n) is 14.8. The highest BCUT2D eigenvalue weighted by atomic mass is 32.2. The zero-order chi connectivity index (χ0) is 19.2. The van der Waals surface area contributed by atoms with Crippen LogP contribution in [0.5, 0.6) is 0 Å². The molecule has 3 N–H and O–H groups in total. The predicted molar refractivity (Wildman–Crippen MR) is 101 cm³/mol. The normalized spacial score (nSPS) is 11.1. The number of aryl methyl sites for hydroxylation is 4. The highest BCUT2D eigenvalue weighted by Crippen LogP contribution is 2.12. The summed E-state index contributed by atoms with van der Waals surface area (Å²) in [4.78, 5) is 10.8. The molecule has 1 amide bonds. The fourth-order valence-corrected chi connectivity index (χ4v) is 2.58. The van der Waals surface area contributed by atoms with E-state index in [9.17, 15) is 13.2 Å². The topological polar surface area (TPSA) is 97.5 Å². The van der Waals surface area contributed by atoms with Gasteiger partial charge in [0.15, 0.2) is 0 Å². The number of carbonyl (C=O) groups excluding carboxylic acids is 1. The minimum Gasteiger partial charge on any atom is -0.366 e. The molecular weight excluding hydrogens is 338 g/mol. The fraction of sp³-hybridized carbons (Fsp3) is 0.211. The number of rotatable bonds is 3. The lowest BCUT2D eigenvalue weighted by Crippen LogP contribution is -2.12. The van der Waals surface area contributed by atoms with Crippen molar-refractivity contribution in [3.05, 3.63) is 75.2 Å². The molecule has 5 nitrogen and oxygen atoms in total. The molecule has 0 fully saturated rings. The maximum absolute atomic E-state index is 10.8. The Hall–Kier alpha value is -2.44.